The van der Waals surface area contributed by atoms with E-state index in [1.165, 1.54) is 6.92 Å². The van der Waals surface area contributed by atoms with E-state index in [4.69, 9.17) is 15.9 Å². The molecule has 0 bridgehead atoms. The first-order valence-electron chi connectivity index (χ1n) is 3.51. The summed E-state index contributed by atoms with van der Waals surface area (Å²) in [5.74, 6) is -0.705. The predicted octanol–water partition coefficient (Wildman–Crippen LogP) is 1.93. The zero-order valence-corrected chi connectivity index (χ0v) is 8.66. The largest absolute Gasteiger partial charge is 0.262 e. The van der Waals surface area contributed by atoms with Crippen LogP contribution in [0, 0.1) is 24.1 Å². The lowest BCUT2D eigenvalue weighted by Gasteiger charge is -2.02. The van der Waals surface area contributed by atoms with Gasteiger partial charge in [0, 0.05) is 10.7 Å². The van der Waals surface area contributed by atoms with Gasteiger partial charge in [-0.05, 0) is 24.6 Å². The van der Waals surface area contributed by atoms with Gasteiger partial charge in [0.15, 0.2) is 0 Å². The first-order valence-corrected chi connectivity index (χ1v) is 5.82. The summed E-state index contributed by atoms with van der Waals surface area (Å²) in [7, 11) is 0.946. The summed E-state index contributed by atoms with van der Waals surface area (Å²) in [5.41, 5.74) is 0.0458. The minimum absolute atomic E-state index is 0.154. The number of benzene rings is 1. The molecule has 14 heavy (non-hydrogen) atoms. The van der Waals surface area contributed by atoms with Crippen molar-refractivity contribution < 1.29 is 12.8 Å². The van der Waals surface area contributed by atoms with E-state index in [9.17, 15) is 12.8 Å². The zero-order valence-electron chi connectivity index (χ0n) is 7.08. The molecule has 0 amide bonds. The van der Waals surface area contributed by atoms with E-state index in [0.29, 0.717) is 0 Å². The molecule has 0 aromatic heterocycles. The van der Waals surface area contributed by atoms with Crippen molar-refractivity contribution in [2.24, 2.45) is 0 Å². The van der Waals surface area contributed by atoms with Gasteiger partial charge in [0.05, 0.1) is 5.56 Å². The van der Waals surface area contributed by atoms with Crippen LogP contribution in [0.4, 0.5) is 4.39 Å². The van der Waals surface area contributed by atoms with Crippen LogP contribution in [0.3, 0.4) is 0 Å². The van der Waals surface area contributed by atoms with Crippen molar-refractivity contribution in [3.8, 4) is 6.07 Å². The lowest BCUT2D eigenvalue weighted by molar-refractivity contribution is 0.598. The Bertz CT molecular complexity index is 519. The normalized spacial score (nSPS) is 11.0. The third-order valence-corrected chi connectivity index (χ3v) is 3.01. The molecule has 3 nitrogen and oxygen atoms in total. The molecule has 0 aliphatic heterocycles. The first-order chi connectivity index (χ1) is 6.36. The molecule has 1 aromatic rings. The van der Waals surface area contributed by atoms with Gasteiger partial charge in [-0.3, -0.25) is 0 Å². The maximum absolute atomic E-state index is 13.0. The Morgan fingerprint density at radius 2 is 2.07 bits per heavy atom. The van der Waals surface area contributed by atoms with Gasteiger partial charge >= 0.3 is 0 Å². The molecule has 74 valence electrons. The fourth-order valence-electron chi connectivity index (χ4n) is 0.952. The van der Waals surface area contributed by atoms with Crippen molar-refractivity contribution in [1.29, 1.82) is 5.26 Å². The number of hydrogen-bond acceptors (Lipinski definition) is 3. The van der Waals surface area contributed by atoms with E-state index in [1.807, 2.05) is 0 Å². The molecule has 0 spiro atoms. The van der Waals surface area contributed by atoms with Crippen molar-refractivity contribution in [2.75, 3.05) is 0 Å². The summed E-state index contributed by atoms with van der Waals surface area (Å²) in [4.78, 5) is -0.496. The summed E-state index contributed by atoms with van der Waals surface area (Å²) in [6.45, 7) is 1.43. The summed E-state index contributed by atoms with van der Waals surface area (Å²) < 4.78 is 34.8. The van der Waals surface area contributed by atoms with E-state index in [0.717, 1.165) is 12.1 Å². The van der Waals surface area contributed by atoms with Crippen LogP contribution in [0.15, 0.2) is 17.0 Å². The third kappa shape index (κ3) is 2.03. The fourth-order valence-corrected chi connectivity index (χ4v) is 1.95. The van der Waals surface area contributed by atoms with Crippen LogP contribution in [0.5, 0.6) is 0 Å². The van der Waals surface area contributed by atoms with E-state index in [1.54, 1.807) is 6.07 Å². The van der Waals surface area contributed by atoms with E-state index >= 15 is 0 Å². The van der Waals surface area contributed by atoms with E-state index in [-0.39, 0.29) is 11.1 Å². The minimum Gasteiger partial charge on any atom is -0.207 e. The molecule has 0 heterocycles. The van der Waals surface area contributed by atoms with Gasteiger partial charge in [0.2, 0.25) is 0 Å². The summed E-state index contributed by atoms with van der Waals surface area (Å²) in [6, 6.07) is 3.53. The minimum atomic E-state index is -4.08. The van der Waals surface area contributed by atoms with Crippen LogP contribution in [0.1, 0.15) is 11.1 Å². The molecule has 0 N–H and O–H groups in total. The average Bonchev–Trinajstić information content (AvgIpc) is 2.07. The SMILES string of the molecule is Cc1cc(C#N)c(S(=O)(=O)Cl)cc1F. The van der Waals surface area contributed by atoms with Crippen LogP contribution in [-0.4, -0.2) is 8.42 Å². The van der Waals surface area contributed by atoms with Crippen LogP contribution < -0.4 is 0 Å². The third-order valence-electron chi connectivity index (χ3n) is 1.64. The highest BCUT2D eigenvalue weighted by atomic mass is 35.7. The maximum atomic E-state index is 13.0. The highest BCUT2D eigenvalue weighted by Crippen LogP contribution is 2.22. The van der Waals surface area contributed by atoms with Crippen molar-refractivity contribution >= 4 is 19.7 Å². The highest BCUT2D eigenvalue weighted by molar-refractivity contribution is 8.13. The highest BCUT2D eigenvalue weighted by Gasteiger charge is 2.17. The Hall–Kier alpha value is -1.12. The molecule has 6 heteroatoms. The van der Waals surface area contributed by atoms with Gasteiger partial charge in [-0.15, -0.1) is 0 Å². The van der Waals surface area contributed by atoms with Crippen LogP contribution in [-0.2, 0) is 9.05 Å². The second-order valence-electron chi connectivity index (χ2n) is 2.65. The Kier molecular flexibility index (Phi) is 2.79. The van der Waals surface area contributed by atoms with Gasteiger partial charge in [-0.25, -0.2) is 12.8 Å². The number of nitrogens with zero attached hydrogens (tertiary/aromatic N) is 1. The average molecular weight is 234 g/mol. The molecular formula is C8H5ClFNO2S. The van der Waals surface area contributed by atoms with Crippen LogP contribution in [0.25, 0.3) is 0 Å². The van der Waals surface area contributed by atoms with Gasteiger partial charge in [0.1, 0.15) is 16.8 Å². The number of rotatable bonds is 1. The molecule has 0 aliphatic rings. The van der Waals surface area contributed by atoms with Crippen LogP contribution >= 0.6 is 10.7 Å². The number of nitriles is 1. The molecule has 0 atom stereocenters. The van der Waals surface area contributed by atoms with Crippen molar-refractivity contribution in [3.63, 3.8) is 0 Å². The quantitative estimate of drug-likeness (QED) is 0.697. The molecule has 0 saturated carbocycles. The molecule has 0 saturated heterocycles. The molecule has 0 fully saturated rings. The van der Waals surface area contributed by atoms with Gasteiger partial charge < -0.3 is 0 Å². The van der Waals surface area contributed by atoms with Gasteiger partial charge in [-0.1, -0.05) is 0 Å². The lowest BCUT2D eigenvalue weighted by atomic mass is 10.1. The Labute approximate surface area is 85.2 Å². The lowest BCUT2D eigenvalue weighted by Crippen LogP contribution is -1.98. The summed E-state index contributed by atoms with van der Waals surface area (Å²) in [5, 5.41) is 8.60. The Balaban J connectivity index is 3.61. The Morgan fingerprint density at radius 3 is 2.50 bits per heavy atom. The topological polar surface area (TPSA) is 57.9 Å². The smallest absolute Gasteiger partial charge is 0.207 e. The van der Waals surface area contributed by atoms with Crippen LogP contribution in [0.2, 0.25) is 0 Å². The fraction of sp³-hybridized carbons (Fsp3) is 0.125. The molecule has 0 radical (unpaired) electrons. The zero-order chi connectivity index (χ0) is 10.9. The van der Waals surface area contributed by atoms with Gasteiger partial charge in [-0.2, -0.15) is 5.26 Å². The van der Waals surface area contributed by atoms with E-state index in [2.05, 4.69) is 0 Å². The molecule has 1 rings (SSSR count). The monoisotopic (exact) mass is 233 g/mol. The molecule has 0 aliphatic carbocycles. The Morgan fingerprint density at radius 1 is 1.50 bits per heavy atom. The molecular weight excluding hydrogens is 229 g/mol. The summed E-state index contributed by atoms with van der Waals surface area (Å²) >= 11 is 0. The maximum Gasteiger partial charge on any atom is 0.262 e. The molecule has 1 aromatic carbocycles. The summed E-state index contributed by atoms with van der Waals surface area (Å²) in [6.07, 6.45) is 0. The van der Waals surface area contributed by atoms with Crippen molar-refractivity contribution in [2.45, 2.75) is 11.8 Å². The molecule has 0 unspecified atom stereocenters. The van der Waals surface area contributed by atoms with Gasteiger partial charge in [0.25, 0.3) is 9.05 Å². The second kappa shape index (κ2) is 3.56. The first kappa shape index (κ1) is 11.0. The predicted molar refractivity (Wildman–Crippen MR) is 48.9 cm³/mol. The van der Waals surface area contributed by atoms with Crippen molar-refractivity contribution in [1.82, 2.24) is 0 Å². The number of hydrogen-bond donors (Lipinski definition) is 0. The number of aryl methyl sites for hydroxylation is 1. The second-order valence-corrected chi connectivity index (χ2v) is 5.18. The standard InChI is InChI=1S/C8H5ClFNO2S/c1-5-2-6(4-11)8(3-7(5)10)14(9,12)13/h2-3H,1H3. The van der Waals surface area contributed by atoms with E-state index < -0.39 is 19.8 Å². The number of halogens is 2. The van der Waals surface area contributed by atoms with Crippen molar-refractivity contribution in [3.05, 3.63) is 29.1 Å².